The Labute approximate surface area is 89.1 Å². The molecule has 0 spiro atoms. The summed E-state index contributed by atoms with van der Waals surface area (Å²) in [4.78, 5) is 10.0. The molecule has 1 aromatic carbocycles. The summed E-state index contributed by atoms with van der Waals surface area (Å²) in [5, 5.41) is 0. The molecule has 0 aliphatic rings. The van der Waals surface area contributed by atoms with Crippen LogP contribution in [-0.2, 0) is 11.2 Å². The van der Waals surface area contributed by atoms with Crippen molar-refractivity contribution in [1.82, 2.24) is 0 Å². The van der Waals surface area contributed by atoms with Gasteiger partial charge in [-0.3, -0.25) is 4.79 Å². The van der Waals surface area contributed by atoms with Crippen molar-refractivity contribution >= 4 is 6.47 Å². The summed E-state index contributed by atoms with van der Waals surface area (Å²) in [5.74, 6) is -0.486. The average molecular weight is 210 g/mol. The maximum atomic E-state index is 13.3. The minimum atomic E-state index is -0.476. The number of benzene rings is 1. The van der Waals surface area contributed by atoms with Gasteiger partial charge in [-0.15, -0.1) is 0 Å². The first-order chi connectivity index (χ1) is 7.27. The molecule has 2 nitrogen and oxygen atoms in total. The molecule has 1 rings (SSSR count). The van der Waals surface area contributed by atoms with Crippen LogP contribution >= 0.6 is 0 Å². The average Bonchev–Trinajstić information content (AvgIpc) is 2.23. The molecule has 82 valence electrons. The molecule has 0 saturated carbocycles. The fourth-order valence-corrected chi connectivity index (χ4v) is 1.43. The van der Waals surface area contributed by atoms with E-state index in [9.17, 15) is 9.18 Å². The first kappa shape index (κ1) is 11.7. The van der Waals surface area contributed by atoms with Gasteiger partial charge in [0.15, 0.2) is 11.6 Å². The van der Waals surface area contributed by atoms with Crippen LogP contribution in [0, 0.1) is 5.82 Å². The zero-order valence-electron chi connectivity index (χ0n) is 8.83. The standard InChI is InChI=1S/C12H15FO2/c1-2-3-4-5-10-6-7-12(15-9-14)11(13)8-10/h6-9H,2-5H2,1H3. The van der Waals surface area contributed by atoms with E-state index < -0.39 is 5.82 Å². The summed E-state index contributed by atoms with van der Waals surface area (Å²) >= 11 is 0. The number of unbranched alkanes of at least 4 members (excludes halogenated alkanes) is 2. The van der Waals surface area contributed by atoms with Gasteiger partial charge >= 0.3 is 0 Å². The normalized spacial score (nSPS) is 10.0. The van der Waals surface area contributed by atoms with E-state index in [4.69, 9.17) is 0 Å². The highest BCUT2D eigenvalue weighted by Gasteiger charge is 2.04. The number of carbonyl (C=O) groups is 1. The molecule has 0 N–H and O–H groups in total. The maximum Gasteiger partial charge on any atom is 0.298 e. The SMILES string of the molecule is CCCCCc1ccc(OC=O)c(F)c1. The molecule has 0 aromatic heterocycles. The highest BCUT2D eigenvalue weighted by molar-refractivity contribution is 5.45. The van der Waals surface area contributed by atoms with E-state index in [0.29, 0.717) is 0 Å². The Morgan fingerprint density at radius 1 is 1.40 bits per heavy atom. The molecule has 0 aliphatic heterocycles. The van der Waals surface area contributed by atoms with E-state index in [0.717, 1.165) is 31.2 Å². The van der Waals surface area contributed by atoms with E-state index in [1.54, 1.807) is 6.07 Å². The second kappa shape index (κ2) is 6.17. The Balaban J connectivity index is 2.60. The summed E-state index contributed by atoms with van der Waals surface area (Å²) in [6.45, 7) is 2.36. The third-order valence-corrected chi connectivity index (χ3v) is 2.24. The van der Waals surface area contributed by atoms with Gasteiger partial charge in [-0.2, -0.15) is 0 Å². The van der Waals surface area contributed by atoms with Crippen LogP contribution in [0.2, 0.25) is 0 Å². The second-order valence-corrected chi connectivity index (χ2v) is 3.44. The van der Waals surface area contributed by atoms with Gasteiger partial charge in [-0.05, 0) is 30.5 Å². The minimum absolute atomic E-state index is 0.00996. The van der Waals surface area contributed by atoms with Crippen LogP contribution in [0.3, 0.4) is 0 Å². The Morgan fingerprint density at radius 2 is 2.20 bits per heavy atom. The minimum Gasteiger partial charge on any atom is -0.426 e. The molecule has 15 heavy (non-hydrogen) atoms. The summed E-state index contributed by atoms with van der Waals surface area (Å²) in [5.41, 5.74) is 0.944. The van der Waals surface area contributed by atoms with E-state index in [2.05, 4.69) is 11.7 Å². The Hall–Kier alpha value is -1.38. The molecule has 0 bridgehead atoms. The summed E-state index contributed by atoms with van der Waals surface area (Å²) in [6.07, 6.45) is 4.22. The molecule has 0 unspecified atom stereocenters. The summed E-state index contributed by atoms with van der Waals surface area (Å²) in [6, 6.07) is 4.71. The largest absolute Gasteiger partial charge is 0.426 e. The first-order valence-electron chi connectivity index (χ1n) is 5.16. The van der Waals surface area contributed by atoms with Gasteiger partial charge < -0.3 is 4.74 Å². The number of hydrogen-bond donors (Lipinski definition) is 0. The molecule has 1 aromatic rings. The molecule has 0 radical (unpaired) electrons. The van der Waals surface area contributed by atoms with Crippen molar-refractivity contribution in [2.45, 2.75) is 32.6 Å². The van der Waals surface area contributed by atoms with Crippen molar-refractivity contribution in [2.24, 2.45) is 0 Å². The lowest BCUT2D eigenvalue weighted by Gasteiger charge is -2.03. The van der Waals surface area contributed by atoms with Crippen molar-refractivity contribution in [2.75, 3.05) is 0 Å². The van der Waals surface area contributed by atoms with E-state index in [-0.39, 0.29) is 12.2 Å². The van der Waals surface area contributed by atoms with Crippen molar-refractivity contribution in [3.05, 3.63) is 29.6 Å². The lowest BCUT2D eigenvalue weighted by atomic mass is 10.1. The third kappa shape index (κ3) is 3.70. The molecular weight excluding hydrogens is 195 g/mol. The highest BCUT2D eigenvalue weighted by Crippen LogP contribution is 2.18. The van der Waals surface area contributed by atoms with Crippen molar-refractivity contribution < 1.29 is 13.9 Å². The fraction of sp³-hybridized carbons (Fsp3) is 0.417. The fourth-order valence-electron chi connectivity index (χ4n) is 1.43. The van der Waals surface area contributed by atoms with E-state index in [1.807, 2.05) is 0 Å². The van der Waals surface area contributed by atoms with Gasteiger partial charge in [-0.1, -0.05) is 25.8 Å². The van der Waals surface area contributed by atoms with Gasteiger partial charge in [0.2, 0.25) is 0 Å². The molecule has 3 heteroatoms. The molecule has 0 amide bonds. The highest BCUT2D eigenvalue weighted by atomic mass is 19.1. The van der Waals surface area contributed by atoms with Crippen LogP contribution in [0.15, 0.2) is 18.2 Å². The molecule has 0 saturated heterocycles. The monoisotopic (exact) mass is 210 g/mol. The first-order valence-corrected chi connectivity index (χ1v) is 5.16. The van der Waals surface area contributed by atoms with Gasteiger partial charge in [0.25, 0.3) is 6.47 Å². The topological polar surface area (TPSA) is 26.3 Å². The molecular formula is C12H15FO2. The van der Waals surface area contributed by atoms with Crippen LogP contribution in [0.4, 0.5) is 4.39 Å². The zero-order valence-corrected chi connectivity index (χ0v) is 8.83. The summed E-state index contributed by atoms with van der Waals surface area (Å²) < 4.78 is 17.7. The Morgan fingerprint density at radius 3 is 2.80 bits per heavy atom. The Bertz CT molecular complexity index is 323. The zero-order chi connectivity index (χ0) is 11.1. The van der Waals surface area contributed by atoms with Gasteiger partial charge in [0.05, 0.1) is 0 Å². The van der Waals surface area contributed by atoms with Crippen LogP contribution in [0.5, 0.6) is 5.75 Å². The number of hydrogen-bond acceptors (Lipinski definition) is 2. The number of halogens is 1. The molecule has 0 atom stereocenters. The van der Waals surface area contributed by atoms with Crippen LogP contribution < -0.4 is 4.74 Å². The molecule has 0 fully saturated rings. The van der Waals surface area contributed by atoms with E-state index in [1.165, 1.54) is 12.1 Å². The lowest BCUT2D eigenvalue weighted by Crippen LogP contribution is -1.94. The van der Waals surface area contributed by atoms with Crippen molar-refractivity contribution in [1.29, 1.82) is 0 Å². The summed E-state index contributed by atoms with van der Waals surface area (Å²) in [7, 11) is 0. The van der Waals surface area contributed by atoms with Crippen LogP contribution in [-0.4, -0.2) is 6.47 Å². The number of carbonyl (C=O) groups excluding carboxylic acids is 1. The van der Waals surface area contributed by atoms with Crippen LogP contribution in [0.25, 0.3) is 0 Å². The molecule has 0 aliphatic carbocycles. The van der Waals surface area contributed by atoms with Gasteiger partial charge in [-0.25, -0.2) is 4.39 Å². The Kier molecular flexibility index (Phi) is 4.81. The third-order valence-electron chi connectivity index (χ3n) is 2.24. The smallest absolute Gasteiger partial charge is 0.298 e. The lowest BCUT2D eigenvalue weighted by molar-refractivity contribution is -0.120. The van der Waals surface area contributed by atoms with Gasteiger partial charge in [0, 0.05) is 0 Å². The van der Waals surface area contributed by atoms with Crippen molar-refractivity contribution in [3.8, 4) is 5.75 Å². The van der Waals surface area contributed by atoms with E-state index >= 15 is 0 Å². The van der Waals surface area contributed by atoms with Gasteiger partial charge in [0.1, 0.15) is 0 Å². The maximum absolute atomic E-state index is 13.3. The van der Waals surface area contributed by atoms with Crippen molar-refractivity contribution in [3.63, 3.8) is 0 Å². The quantitative estimate of drug-likeness (QED) is 0.532. The number of ether oxygens (including phenoxy) is 1. The number of aryl methyl sites for hydroxylation is 1. The predicted molar refractivity (Wildman–Crippen MR) is 56.3 cm³/mol. The molecule has 0 heterocycles. The van der Waals surface area contributed by atoms with Crippen LogP contribution in [0.1, 0.15) is 31.7 Å². The predicted octanol–water partition coefficient (Wildman–Crippen LogP) is 3.09. The number of rotatable bonds is 6. The second-order valence-electron chi connectivity index (χ2n) is 3.44.